The number of carboxylic acid groups (broad SMARTS) is 1. The van der Waals surface area contributed by atoms with E-state index in [1.807, 2.05) is 72.8 Å². The normalized spacial score (nSPS) is 11.7. The van der Waals surface area contributed by atoms with E-state index >= 15 is 0 Å². The SMILES string of the molecule is O=C(O)C[C@@H](NC(=O)OCc1ccccc1)c1ccc2ccccc2c1. The first-order valence-electron chi connectivity index (χ1n) is 8.29. The number of carboxylic acids is 1. The van der Waals surface area contributed by atoms with Crippen LogP contribution in [0.2, 0.25) is 0 Å². The summed E-state index contributed by atoms with van der Waals surface area (Å²) in [7, 11) is 0. The molecule has 0 spiro atoms. The lowest BCUT2D eigenvalue weighted by Gasteiger charge is -2.18. The Morgan fingerprint density at radius 1 is 0.923 bits per heavy atom. The molecule has 0 saturated heterocycles. The fraction of sp³-hybridized carbons (Fsp3) is 0.143. The number of alkyl carbamates (subject to hydrolysis) is 1. The maximum absolute atomic E-state index is 12.1. The maximum atomic E-state index is 12.1. The van der Waals surface area contributed by atoms with Crippen LogP contribution in [-0.4, -0.2) is 17.2 Å². The lowest BCUT2D eigenvalue weighted by atomic mass is 10.00. The Bertz CT molecular complexity index is 908. The largest absolute Gasteiger partial charge is 0.481 e. The predicted molar refractivity (Wildman–Crippen MR) is 98.7 cm³/mol. The molecule has 5 nitrogen and oxygen atoms in total. The highest BCUT2D eigenvalue weighted by Crippen LogP contribution is 2.23. The Kier molecular flexibility index (Phi) is 5.49. The standard InChI is InChI=1S/C21H19NO4/c23-20(24)13-19(18-11-10-16-8-4-5-9-17(16)12-18)22-21(25)26-14-15-6-2-1-3-7-15/h1-12,19H,13-14H2,(H,22,25)(H,23,24)/t19-/m1/s1. The third-order valence-electron chi connectivity index (χ3n) is 4.06. The van der Waals surface area contributed by atoms with Gasteiger partial charge in [-0.2, -0.15) is 0 Å². The number of ether oxygens (including phenoxy) is 1. The molecule has 0 unspecified atom stereocenters. The molecule has 0 aliphatic heterocycles. The number of benzene rings is 3. The van der Waals surface area contributed by atoms with E-state index in [1.54, 1.807) is 0 Å². The van der Waals surface area contributed by atoms with Crippen LogP contribution in [0, 0.1) is 0 Å². The molecule has 2 N–H and O–H groups in total. The molecule has 3 aromatic carbocycles. The molecular weight excluding hydrogens is 330 g/mol. The van der Waals surface area contributed by atoms with Gasteiger partial charge in [0.2, 0.25) is 0 Å². The number of amides is 1. The summed E-state index contributed by atoms with van der Waals surface area (Å²) < 4.78 is 5.21. The zero-order valence-electron chi connectivity index (χ0n) is 14.1. The molecule has 132 valence electrons. The van der Waals surface area contributed by atoms with E-state index in [-0.39, 0.29) is 13.0 Å². The summed E-state index contributed by atoms with van der Waals surface area (Å²) in [5.41, 5.74) is 1.59. The van der Waals surface area contributed by atoms with Crippen molar-refractivity contribution in [2.75, 3.05) is 0 Å². The van der Waals surface area contributed by atoms with E-state index in [9.17, 15) is 14.7 Å². The van der Waals surface area contributed by atoms with Crippen LogP contribution in [0.1, 0.15) is 23.6 Å². The number of fused-ring (bicyclic) bond motifs is 1. The topological polar surface area (TPSA) is 75.6 Å². The third kappa shape index (κ3) is 4.60. The van der Waals surface area contributed by atoms with E-state index in [0.29, 0.717) is 0 Å². The Morgan fingerprint density at radius 3 is 2.35 bits per heavy atom. The van der Waals surface area contributed by atoms with Crippen molar-refractivity contribution >= 4 is 22.8 Å². The van der Waals surface area contributed by atoms with Crippen molar-refractivity contribution < 1.29 is 19.4 Å². The number of nitrogens with one attached hydrogen (secondary N) is 1. The monoisotopic (exact) mass is 349 g/mol. The highest BCUT2D eigenvalue weighted by atomic mass is 16.5. The van der Waals surface area contributed by atoms with Crippen molar-refractivity contribution in [1.82, 2.24) is 5.32 Å². The summed E-state index contributed by atoms with van der Waals surface area (Å²) in [5, 5.41) is 13.9. The molecule has 0 aliphatic rings. The van der Waals surface area contributed by atoms with Crippen molar-refractivity contribution in [3.8, 4) is 0 Å². The Morgan fingerprint density at radius 2 is 1.62 bits per heavy atom. The number of carbonyl (C=O) groups excluding carboxylic acids is 1. The van der Waals surface area contributed by atoms with Gasteiger partial charge in [0.05, 0.1) is 12.5 Å². The van der Waals surface area contributed by atoms with Crippen LogP contribution >= 0.6 is 0 Å². The van der Waals surface area contributed by atoms with Gasteiger partial charge in [0.15, 0.2) is 0 Å². The average molecular weight is 349 g/mol. The molecule has 0 radical (unpaired) electrons. The summed E-state index contributed by atoms with van der Waals surface area (Å²) >= 11 is 0. The third-order valence-corrected chi connectivity index (χ3v) is 4.06. The van der Waals surface area contributed by atoms with Crippen LogP contribution in [-0.2, 0) is 16.1 Å². The van der Waals surface area contributed by atoms with Gasteiger partial charge in [0.25, 0.3) is 0 Å². The molecule has 3 rings (SSSR count). The van der Waals surface area contributed by atoms with Gasteiger partial charge in [0.1, 0.15) is 6.61 Å². The Labute approximate surface area is 151 Å². The van der Waals surface area contributed by atoms with Gasteiger partial charge in [-0.1, -0.05) is 66.7 Å². The number of hydrogen-bond acceptors (Lipinski definition) is 3. The van der Waals surface area contributed by atoms with Crippen LogP contribution in [0.4, 0.5) is 4.79 Å². The number of hydrogen-bond donors (Lipinski definition) is 2. The molecule has 5 heteroatoms. The van der Waals surface area contributed by atoms with Crippen LogP contribution < -0.4 is 5.32 Å². The molecule has 0 heterocycles. The molecule has 26 heavy (non-hydrogen) atoms. The highest BCUT2D eigenvalue weighted by molar-refractivity contribution is 5.83. The molecular formula is C21H19NO4. The van der Waals surface area contributed by atoms with Crippen molar-refractivity contribution in [3.05, 3.63) is 83.9 Å². The van der Waals surface area contributed by atoms with Crippen molar-refractivity contribution in [3.63, 3.8) is 0 Å². The minimum absolute atomic E-state index is 0.129. The van der Waals surface area contributed by atoms with E-state index < -0.39 is 18.1 Å². The lowest BCUT2D eigenvalue weighted by Crippen LogP contribution is -2.30. The molecule has 0 saturated carbocycles. The number of carbonyl (C=O) groups is 2. The second kappa shape index (κ2) is 8.16. The Balaban J connectivity index is 1.72. The van der Waals surface area contributed by atoms with Crippen molar-refractivity contribution in [1.29, 1.82) is 0 Å². The van der Waals surface area contributed by atoms with Crippen molar-refractivity contribution in [2.24, 2.45) is 0 Å². The van der Waals surface area contributed by atoms with E-state index in [2.05, 4.69) is 5.32 Å². The van der Waals surface area contributed by atoms with Gasteiger partial charge < -0.3 is 15.2 Å². The minimum atomic E-state index is -0.994. The summed E-state index contributed by atoms with van der Waals surface area (Å²) in [6.45, 7) is 0.129. The summed E-state index contributed by atoms with van der Waals surface area (Å²) in [5.74, 6) is -0.994. The van der Waals surface area contributed by atoms with Crippen LogP contribution in [0.5, 0.6) is 0 Å². The molecule has 1 atom stereocenters. The quantitative estimate of drug-likeness (QED) is 0.696. The zero-order valence-corrected chi connectivity index (χ0v) is 14.1. The van der Waals surface area contributed by atoms with E-state index in [1.165, 1.54) is 0 Å². The predicted octanol–water partition coefficient (Wildman–Crippen LogP) is 4.28. The van der Waals surface area contributed by atoms with E-state index in [4.69, 9.17) is 4.74 Å². The molecule has 3 aromatic rings. The first kappa shape index (κ1) is 17.5. The fourth-order valence-electron chi connectivity index (χ4n) is 2.76. The van der Waals surface area contributed by atoms with Gasteiger partial charge in [0, 0.05) is 0 Å². The maximum Gasteiger partial charge on any atom is 0.407 e. The van der Waals surface area contributed by atoms with E-state index in [0.717, 1.165) is 21.9 Å². The molecule has 0 bridgehead atoms. The van der Waals surface area contributed by atoms with Gasteiger partial charge >= 0.3 is 12.1 Å². The van der Waals surface area contributed by atoms with Crippen molar-refractivity contribution in [2.45, 2.75) is 19.1 Å². The Hall–Kier alpha value is -3.34. The molecule has 0 aromatic heterocycles. The minimum Gasteiger partial charge on any atom is -0.481 e. The second-order valence-electron chi connectivity index (χ2n) is 5.96. The highest BCUT2D eigenvalue weighted by Gasteiger charge is 2.19. The van der Waals surface area contributed by atoms with Gasteiger partial charge in [-0.15, -0.1) is 0 Å². The molecule has 0 fully saturated rings. The first-order valence-corrected chi connectivity index (χ1v) is 8.29. The zero-order chi connectivity index (χ0) is 18.4. The van der Waals surface area contributed by atoms with Crippen LogP contribution in [0.25, 0.3) is 10.8 Å². The number of rotatable bonds is 6. The average Bonchev–Trinajstić information content (AvgIpc) is 2.66. The van der Waals surface area contributed by atoms with Crippen LogP contribution in [0.3, 0.4) is 0 Å². The summed E-state index contributed by atoms with van der Waals surface area (Å²) in [6.07, 6.45) is -0.869. The number of aliphatic carboxylic acids is 1. The van der Waals surface area contributed by atoms with Gasteiger partial charge in [-0.25, -0.2) is 4.79 Å². The molecule has 0 aliphatic carbocycles. The first-order chi connectivity index (χ1) is 12.6. The van der Waals surface area contributed by atoms with Gasteiger partial charge in [-0.05, 0) is 28.0 Å². The molecule has 1 amide bonds. The lowest BCUT2D eigenvalue weighted by molar-refractivity contribution is -0.137. The second-order valence-corrected chi connectivity index (χ2v) is 5.96. The summed E-state index contributed by atoms with van der Waals surface area (Å²) in [6, 6.07) is 22.1. The van der Waals surface area contributed by atoms with Crippen LogP contribution in [0.15, 0.2) is 72.8 Å². The summed E-state index contributed by atoms with van der Waals surface area (Å²) in [4.78, 5) is 23.3. The fourth-order valence-corrected chi connectivity index (χ4v) is 2.76. The smallest absolute Gasteiger partial charge is 0.407 e. The van der Waals surface area contributed by atoms with Gasteiger partial charge in [-0.3, -0.25) is 4.79 Å².